The van der Waals surface area contributed by atoms with E-state index in [0.29, 0.717) is 0 Å². The highest BCUT2D eigenvalue weighted by Crippen LogP contribution is 2.21. The molecule has 1 N–H and O–H groups in total. The van der Waals surface area contributed by atoms with Crippen molar-refractivity contribution in [1.29, 1.82) is 0 Å². The van der Waals surface area contributed by atoms with Crippen molar-refractivity contribution in [2.75, 3.05) is 46.3 Å². The number of piperazine rings is 1. The quantitative estimate of drug-likeness (QED) is 0.827. The number of thiophene rings is 1. The van der Waals surface area contributed by atoms with Gasteiger partial charge >= 0.3 is 0 Å². The number of nitrogens with one attached hydrogen (secondary N) is 1. The van der Waals surface area contributed by atoms with Crippen LogP contribution in [0.15, 0.2) is 15.9 Å². The second kappa shape index (κ2) is 7.38. The number of amides is 1. The molecule has 4 nitrogen and oxygen atoms in total. The van der Waals surface area contributed by atoms with Gasteiger partial charge in [-0.25, -0.2) is 0 Å². The minimum Gasteiger partial charge on any atom is -0.351 e. The number of halogens is 1. The summed E-state index contributed by atoms with van der Waals surface area (Å²) in [6.07, 6.45) is 1.02. The molecule has 0 radical (unpaired) electrons. The van der Waals surface area contributed by atoms with Crippen LogP contribution in [-0.2, 0) is 0 Å². The van der Waals surface area contributed by atoms with E-state index in [4.69, 9.17) is 0 Å². The van der Waals surface area contributed by atoms with Gasteiger partial charge < -0.3 is 15.1 Å². The third-order valence-corrected chi connectivity index (χ3v) is 4.95. The average molecular weight is 346 g/mol. The Morgan fingerprint density at radius 2 is 2.11 bits per heavy atom. The molecule has 106 valence electrons. The van der Waals surface area contributed by atoms with E-state index in [1.807, 2.05) is 12.1 Å². The van der Waals surface area contributed by atoms with Crippen LogP contribution >= 0.6 is 27.3 Å². The molecule has 1 aliphatic heterocycles. The maximum absolute atomic E-state index is 11.8. The monoisotopic (exact) mass is 345 g/mol. The molecule has 0 saturated carbocycles. The third kappa shape index (κ3) is 4.87. The van der Waals surface area contributed by atoms with Gasteiger partial charge in [0.05, 0.1) is 8.66 Å². The average Bonchev–Trinajstić information content (AvgIpc) is 2.83. The first-order valence-corrected chi connectivity index (χ1v) is 8.20. The molecule has 0 spiro atoms. The highest BCUT2D eigenvalue weighted by atomic mass is 79.9. The van der Waals surface area contributed by atoms with Crippen LogP contribution in [0.5, 0.6) is 0 Å². The zero-order chi connectivity index (χ0) is 13.7. The van der Waals surface area contributed by atoms with Crippen molar-refractivity contribution in [1.82, 2.24) is 15.1 Å². The van der Waals surface area contributed by atoms with E-state index in [1.54, 1.807) is 0 Å². The Balaban J connectivity index is 1.60. The fourth-order valence-electron chi connectivity index (χ4n) is 2.10. The highest BCUT2D eigenvalue weighted by Gasteiger charge is 2.13. The lowest BCUT2D eigenvalue weighted by Crippen LogP contribution is -2.45. The predicted molar refractivity (Wildman–Crippen MR) is 82.9 cm³/mol. The van der Waals surface area contributed by atoms with Gasteiger partial charge in [0.2, 0.25) is 0 Å². The van der Waals surface area contributed by atoms with E-state index >= 15 is 0 Å². The topological polar surface area (TPSA) is 35.6 Å². The van der Waals surface area contributed by atoms with Crippen LogP contribution in [0, 0.1) is 0 Å². The van der Waals surface area contributed by atoms with E-state index in [1.165, 1.54) is 11.3 Å². The smallest absolute Gasteiger partial charge is 0.261 e. The molecule has 1 amide bonds. The normalized spacial score (nSPS) is 17.6. The van der Waals surface area contributed by atoms with Crippen LogP contribution in [0.1, 0.15) is 16.1 Å². The van der Waals surface area contributed by atoms with Crippen molar-refractivity contribution in [3.63, 3.8) is 0 Å². The summed E-state index contributed by atoms with van der Waals surface area (Å²) >= 11 is 4.84. The maximum atomic E-state index is 11.8. The van der Waals surface area contributed by atoms with E-state index in [9.17, 15) is 4.79 Å². The molecule has 1 aliphatic rings. The second-order valence-corrected chi connectivity index (χ2v) is 7.32. The molecular weight excluding hydrogens is 326 g/mol. The van der Waals surface area contributed by atoms with Gasteiger partial charge in [0.25, 0.3) is 5.91 Å². The van der Waals surface area contributed by atoms with Gasteiger partial charge in [-0.15, -0.1) is 11.3 Å². The largest absolute Gasteiger partial charge is 0.351 e. The third-order valence-electron chi connectivity index (χ3n) is 3.33. The molecule has 1 fully saturated rings. The summed E-state index contributed by atoms with van der Waals surface area (Å²) in [6.45, 7) is 6.40. The SMILES string of the molecule is CN1CCN(CCCNC(=O)c2ccc(Br)s2)CC1. The Kier molecular flexibility index (Phi) is 5.81. The summed E-state index contributed by atoms with van der Waals surface area (Å²) in [4.78, 5) is 17.4. The summed E-state index contributed by atoms with van der Waals surface area (Å²) in [5, 5.41) is 2.97. The number of carbonyl (C=O) groups is 1. The summed E-state index contributed by atoms with van der Waals surface area (Å²) in [5.74, 6) is 0.0362. The molecular formula is C13H20BrN3OS. The van der Waals surface area contributed by atoms with Crippen LogP contribution in [0.25, 0.3) is 0 Å². The van der Waals surface area contributed by atoms with Crippen LogP contribution < -0.4 is 5.32 Å². The first-order chi connectivity index (χ1) is 9.15. The van der Waals surface area contributed by atoms with Gasteiger partial charge in [0.1, 0.15) is 0 Å². The van der Waals surface area contributed by atoms with Gasteiger partial charge in [-0.1, -0.05) is 0 Å². The summed E-state index contributed by atoms with van der Waals surface area (Å²) in [6, 6.07) is 3.76. The van der Waals surface area contributed by atoms with E-state index in [2.05, 4.69) is 38.1 Å². The molecule has 0 bridgehead atoms. The fraction of sp³-hybridized carbons (Fsp3) is 0.615. The van der Waals surface area contributed by atoms with E-state index in [0.717, 1.165) is 54.4 Å². The van der Waals surface area contributed by atoms with Crippen molar-refractivity contribution >= 4 is 33.2 Å². The molecule has 0 atom stereocenters. The van der Waals surface area contributed by atoms with Crippen molar-refractivity contribution in [3.8, 4) is 0 Å². The number of hydrogen-bond donors (Lipinski definition) is 1. The number of rotatable bonds is 5. The molecule has 1 saturated heterocycles. The number of nitrogens with zero attached hydrogens (tertiary/aromatic N) is 2. The molecule has 2 rings (SSSR count). The zero-order valence-electron chi connectivity index (χ0n) is 11.2. The number of carbonyl (C=O) groups excluding carboxylic acids is 1. The number of likely N-dealkylation sites (N-methyl/N-ethyl adjacent to an activating group) is 1. The Morgan fingerprint density at radius 1 is 1.37 bits per heavy atom. The van der Waals surface area contributed by atoms with Gasteiger partial charge in [0, 0.05) is 32.7 Å². The second-order valence-electron chi connectivity index (χ2n) is 4.86. The molecule has 2 heterocycles. The summed E-state index contributed by atoms with van der Waals surface area (Å²) in [7, 11) is 2.16. The lowest BCUT2D eigenvalue weighted by Gasteiger charge is -2.32. The standard InChI is InChI=1S/C13H20BrN3OS/c1-16-7-9-17(10-8-16)6-2-5-15-13(18)11-3-4-12(14)19-11/h3-4H,2,5-10H2,1H3,(H,15,18). The Hall–Kier alpha value is -0.430. The van der Waals surface area contributed by atoms with Crippen molar-refractivity contribution in [2.24, 2.45) is 0 Å². The van der Waals surface area contributed by atoms with Crippen LogP contribution in [-0.4, -0.2) is 62.0 Å². The predicted octanol–water partition coefficient (Wildman–Crippen LogP) is 1.88. The van der Waals surface area contributed by atoms with Crippen molar-refractivity contribution in [3.05, 3.63) is 20.8 Å². The number of hydrogen-bond acceptors (Lipinski definition) is 4. The van der Waals surface area contributed by atoms with E-state index < -0.39 is 0 Å². The van der Waals surface area contributed by atoms with Crippen molar-refractivity contribution in [2.45, 2.75) is 6.42 Å². The molecule has 6 heteroatoms. The molecule has 1 aromatic heterocycles. The Labute approximate surface area is 126 Å². The van der Waals surface area contributed by atoms with Gasteiger partial charge in [-0.2, -0.15) is 0 Å². The minimum absolute atomic E-state index is 0.0362. The lowest BCUT2D eigenvalue weighted by molar-refractivity contribution is 0.0953. The van der Waals surface area contributed by atoms with Crippen LogP contribution in [0.4, 0.5) is 0 Å². The lowest BCUT2D eigenvalue weighted by atomic mass is 10.3. The Bertz CT molecular complexity index is 416. The van der Waals surface area contributed by atoms with Crippen molar-refractivity contribution < 1.29 is 4.79 Å². The first-order valence-electron chi connectivity index (χ1n) is 6.59. The molecule has 1 aromatic rings. The van der Waals surface area contributed by atoms with Crippen LogP contribution in [0.2, 0.25) is 0 Å². The molecule has 0 aliphatic carbocycles. The maximum Gasteiger partial charge on any atom is 0.261 e. The zero-order valence-corrected chi connectivity index (χ0v) is 13.6. The van der Waals surface area contributed by atoms with Gasteiger partial charge in [-0.05, 0) is 48.1 Å². The summed E-state index contributed by atoms with van der Waals surface area (Å²) < 4.78 is 0.995. The Morgan fingerprint density at radius 3 is 2.74 bits per heavy atom. The fourth-order valence-corrected chi connectivity index (χ4v) is 3.40. The minimum atomic E-state index is 0.0362. The molecule has 19 heavy (non-hydrogen) atoms. The first kappa shape index (κ1) is 15.0. The molecule has 0 aromatic carbocycles. The highest BCUT2D eigenvalue weighted by molar-refractivity contribution is 9.11. The summed E-state index contributed by atoms with van der Waals surface area (Å²) in [5.41, 5.74) is 0. The van der Waals surface area contributed by atoms with Gasteiger partial charge in [0.15, 0.2) is 0 Å². The van der Waals surface area contributed by atoms with Crippen LogP contribution in [0.3, 0.4) is 0 Å². The molecule has 0 unspecified atom stereocenters. The van der Waals surface area contributed by atoms with Gasteiger partial charge in [-0.3, -0.25) is 4.79 Å². The van der Waals surface area contributed by atoms with E-state index in [-0.39, 0.29) is 5.91 Å².